The highest BCUT2D eigenvalue weighted by Gasteiger charge is 2.31. The summed E-state index contributed by atoms with van der Waals surface area (Å²) in [6, 6.07) is 7.31. The molecule has 1 unspecified atom stereocenters. The van der Waals surface area contributed by atoms with Gasteiger partial charge in [-0.2, -0.15) is 0 Å². The van der Waals surface area contributed by atoms with Crippen molar-refractivity contribution in [1.82, 2.24) is 5.32 Å². The van der Waals surface area contributed by atoms with Gasteiger partial charge in [0, 0.05) is 36.4 Å². The van der Waals surface area contributed by atoms with Gasteiger partial charge in [-0.05, 0) is 43.4 Å². The molecule has 19 heavy (non-hydrogen) atoms. The van der Waals surface area contributed by atoms with Gasteiger partial charge in [0.2, 0.25) is 0 Å². The number of hydrogen-bond donors (Lipinski definition) is 1. The Hall–Kier alpha value is -0.730. The van der Waals surface area contributed by atoms with E-state index in [0.29, 0.717) is 12.1 Å². The van der Waals surface area contributed by atoms with Crippen LogP contribution >= 0.6 is 11.6 Å². The molecule has 0 spiro atoms. The highest BCUT2D eigenvalue weighted by Crippen LogP contribution is 2.37. The molecule has 1 N–H and O–H groups in total. The van der Waals surface area contributed by atoms with Gasteiger partial charge in [-0.25, -0.2) is 0 Å². The van der Waals surface area contributed by atoms with Crippen molar-refractivity contribution in [2.24, 2.45) is 5.92 Å². The molecule has 0 aromatic heterocycles. The third kappa shape index (κ3) is 3.87. The molecule has 3 heteroatoms. The standard InChI is InChI=1S/C16H25ClN2/c1-11(2)18-10-14-7-8-15(17)9-16(14)19(4)12(3)13-5-6-13/h7-9,11-13,18H,5-6,10H2,1-4H3. The molecule has 2 rings (SSSR count). The third-order valence-corrected chi connectivity index (χ3v) is 4.28. The highest BCUT2D eigenvalue weighted by molar-refractivity contribution is 6.30. The van der Waals surface area contributed by atoms with Crippen molar-refractivity contribution in [2.45, 2.75) is 52.2 Å². The molecule has 0 saturated heterocycles. The van der Waals surface area contributed by atoms with Crippen molar-refractivity contribution in [3.63, 3.8) is 0 Å². The first-order valence-electron chi connectivity index (χ1n) is 7.23. The predicted molar refractivity (Wildman–Crippen MR) is 84.0 cm³/mol. The number of benzene rings is 1. The van der Waals surface area contributed by atoms with Crippen molar-refractivity contribution in [3.05, 3.63) is 28.8 Å². The summed E-state index contributed by atoms with van der Waals surface area (Å²) in [6.07, 6.45) is 2.73. The van der Waals surface area contributed by atoms with Crippen molar-refractivity contribution in [1.29, 1.82) is 0 Å². The molecule has 0 heterocycles. The maximum atomic E-state index is 6.18. The van der Waals surface area contributed by atoms with E-state index in [4.69, 9.17) is 11.6 Å². The molecule has 1 saturated carbocycles. The number of halogens is 1. The van der Waals surface area contributed by atoms with Crippen LogP contribution in [0.15, 0.2) is 18.2 Å². The Labute approximate surface area is 122 Å². The van der Waals surface area contributed by atoms with E-state index in [-0.39, 0.29) is 0 Å². The van der Waals surface area contributed by atoms with Gasteiger partial charge >= 0.3 is 0 Å². The van der Waals surface area contributed by atoms with E-state index in [1.165, 1.54) is 24.1 Å². The van der Waals surface area contributed by atoms with Gasteiger partial charge in [0.25, 0.3) is 0 Å². The second-order valence-electron chi connectivity index (χ2n) is 6.00. The Morgan fingerprint density at radius 3 is 2.58 bits per heavy atom. The van der Waals surface area contributed by atoms with Crippen LogP contribution in [0.2, 0.25) is 5.02 Å². The summed E-state index contributed by atoms with van der Waals surface area (Å²) in [7, 11) is 2.19. The maximum Gasteiger partial charge on any atom is 0.0426 e. The van der Waals surface area contributed by atoms with E-state index in [1.54, 1.807) is 0 Å². The maximum absolute atomic E-state index is 6.18. The van der Waals surface area contributed by atoms with Gasteiger partial charge in [-0.1, -0.05) is 31.5 Å². The van der Waals surface area contributed by atoms with Gasteiger partial charge in [0.1, 0.15) is 0 Å². The number of nitrogens with zero attached hydrogens (tertiary/aromatic N) is 1. The van der Waals surface area contributed by atoms with Crippen LogP contribution in [0, 0.1) is 5.92 Å². The van der Waals surface area contributed by atoms with Crippen LogP contribution in [-0.2, 0) is 6.54 Å². The number of nitrogens with one attached hydrogen (secondary N) is 1. The minimum absolute atomic E-state index is 0.495. The molecule has 1 atom stereocenters. The second-order valence-corrected chi connectivity index (χ2v) is 6.43. The van der Waals surface area contributed by atoms with Crippen LogP contribution in [0.5, 0.6) is 0 Å². The lowest BCUT2D eigenvalue weighted by atomic mass is 10.1. The molecule has 1 aromatic rings. The Kier molecular flexibility index (Phi) is 4.75. The Morgan fingerprint density at radius 1 is 1.32 bits per heavy atom. The van der Waals surface area contributed by atoms with E-state index in [2.05, 4.69) is 50.2 Å². The minimum Gasteiger partial charge on any atom is -0.371 e. The first-order chi connectivity index (χ1) is 8.99. The summed E-state index contributed by atoms with van der Waals surface area (Å²) >= 11 is 6.18. The number of rotatable bonds is 6. The summed E-state index contributed by atoms with van der Waals surface area (Å²) in [5.41, 5.74) is 2.59. The molecule has 0 bridgehead atoms. The van der Waals surface area contributed by atoms with Crippen molar-refractivity contribution in [3.8, 4) is 0 Å². The lowest BCUT2D eigenvalue weighted by Crippen LogP contribution is -2.32. The minimum atomic E-state index is 0.495. The smallest absolute Gasteiger partial charge is 0.0426 e. The fraction of sp³-hybridized carbons (Fsp3) is 0.625. The summed E-state index contributed by atoms with van der Waals surface area (Å²) < 4.78 is 0. The van der Waals surface area contributed by atoms with Crippen LogP contribution < -0.4 is 10.2 Å². The average Bonchev–Trinajstić information content (AvgIpc) is 3.19. The summed E-state index contributed by atoms with van der Waals surface area (Å²) in [5, 5.41) is 4.31. The summed E-state index contributed by atoms with van der Waals surface area (Å²) in [4.78, 5) is 2.39. The lowest BCUT2D eigenvalue weighted by Gasteiger charge is -2.29. The molecule has 0 amide bonds. The Bertz CT molecular complexity index is 427. The first kappa shape index (κ1) is 14.7. The first-order valence-corrected chi connectivity index (χ1v) is 7.61. The van der Waals surface area contributed by atoms with Crippen LogP contribution in [0.25, 0.3) is 0 Å². The largest absolute Gasteiger partial charge is 0.371 e. The molecule has 1 aliphatic carbocycles. The Morgan fingerprint density at radius 2 is 2.00 bits per heavy atom. The van der Waals surface area contributed by atoms with E-state index >= 15 is 0 Å². The van der Waals surface area contributed by atoms with Crippen LogP contribution in [0.1, 0.15) is 39.2 Å². The van der Waals surface area contributed by atoms with E-state index in [1.807, 2.05) is 6.07 Å². The Balaban J connectivity index is 2.17. The van der Waals surface area contributed by atoms with Crippen molar-refractivity contribution in [2.75, 3.05) is 11.9 Å². The summed E-state index contributed by atoms with van der Waals surface area (Å²) in [6.45, 7) is 7.56. The fourth-order valence-corrected chi connectivity index (χ4v) is 2.61. The molecular formula is C16H25ClN2. The van der Waals surface area contributed by atoms with Gasteiger partial charge in [0.15, 0.2) is 0 Å². The van der Waals surface area contributed by atoms with Crippen LogP contribution in [0.3, 0.4) is 0 Å². The van der Waals surface area contributed by atoms with Crippen LogP contribution in [0.4, 0.5) is 5.69 Å². The molecule has 1 aromatic carbocycles. The molecule has 106 valence electrons. The van der Waals surface area contributed by atoms with Crippen molar-refractivity contribution >= 4 is 17.3 Å². The highest BCUT2D eigenvalue weighted by atomic mass is 35.5. The van der Waals surface area contributed by atoms with Gasteiger partial charge in [-0.3, -0.25) is 0 Å². The zero-order valence-electron chi connectivity index (χ0n) is 12.4. The third-order valence-electron chi connectivity index (χ3n) is 4.04. The number of anilines is 1. The predicted octanol–water partition coefficient (Wildman–Crippen LogP) is 4.07. The van der Waals surface area contributed by atoms with Gasteiger partial charge in [0.05, 0.1) is 0 Å². The average molecular weight is 281 g/mol. The topological polar surface area (TPSA) is 15.3 Å². The fourth-order valence-electron chi connectivity index (χ4n) is 2.44. The normalized spacial score (nSPS) is 16.7. The number of hydrogen-bond acceptors (Lipinski definition) is 2. The van der Waals surface area contributed by atoms with Crippen molar-refractivity contribution < 1.29 is 0 Å². The van der Waals surface area contributed by atoms with E-state index < -0.39 is 0 Å². The molecule has 0 aliphatic heterocycles. The van der Waals surface area contributed by atoms with Crippen LogP contribution in [-0.4, -0.2) is 19.1 Å². The molecule has 1 fully saturated rings. The zero-order valence-corrected chi connectivity index (χ0v) is 13.2. The molecular weight excluding hydrogens is 256 g/mol. The quantitative estimate of drug-likeness (QED) is 0.845. The molecule has 2 nitrogen and oxygen atoms in total. The lowest BCUT2D eigenvalue weighted by molar-refractivity contribution is 0.579. The van der Waals surface area contributed by atoms with Gasteiger partial charge in [-0.15, -0.1) is 0 Å². The zero-order chi connectivity index (χ0) is 14.0. The molecule has 0 radical (unpaired) electrons. The SMILES string of the molecule is CC(C)NCc1ccc(Cl)cc1N(C)C(C)C1CC1. The summed E-state index contributed by atoms with van der Waals surface area (Å²) in [5.74, 6) is 0.856. The van der Waals surface area contributed by atoms with Gasteiger partial charge < -0.3 is 10.2 Å². The second kappa shape index (κ2) is 6.15. The monoisotopic (exact) mass is 280 g/mol. The van der Waals surface area contributed by atoms with E-state index in [9.17, 15) is 0 Å². The van der Waals surface area contributed by atoms with E-state index in [0.717, 1.165) is 17.5 Å². The molecule has 1 aliphatic rings.